The molecule has 2 atom stereocenters. The molecule has 0 aliphatic carbocycles. The van der Waals surface area contributed by atoms with Gasteiger partial charge in [0.1, 0.15) is 24.4 Å². The molecule has 0 aromatic carbocycles. The van der Waals surface area contributed by atoms with Gasteiger partial charge in [0.2, 0.25) is 0 Å². The van der Waals surface area contributed by atoms with Crippen molar-refractivity contribution in [1.29, 1.82) is 0 Å². The van der Waals surface area contributed by atoms with Gasteiger partial charge in [-0.05, 0) is 6.92 Å². The van der Waals surface area contributed by atoms with Crippen molar-refractivity contribution in [2.75, 3.05) is 25.7 Å². The zero-order valence-corrected chi connectivity index (χ0v) is 9.21. The predicted octanol–water partition coefficient (Wildman–Crippen LogP) is 0.888. The van der Waals surface area contributed by atoms with E-state index < -0.39 is 16.1 Å². The van der Waals surface area contributed by atoms with Crippen molar-refractivity contribution in [3.8, 4) is 0 Å². The number of hydrogen-bond acceptors (Lipinski definition) is 5. The lowest BCUT2D eigenvalue weighted by molar-refractivity contribution is -0.764. The van der Waals surface area contributed by atoms with Crippen LogP contribution in [-0.2, 0) is 14.3 Å². The second-order valence-corrected chi connectivity index (χ2v) is 4.14. The Morgan fingerprint density at radius 1 is 1.79 bits per heavy atom. The van der Waals surface area contributed by atoms with E-state index in [1.54, 1.807) is 13.8 Å². The molecular formula is C8H15NO4S. The second kappa shape index (κ2) is 4.97. The lowest BCUT2D eigenvalue weighted by Crippen LogP contribution is -2.52. The monoisotopic (exact) mass is 221 g/mol. The summed E-state index contributed by atoms with van der Waals surface area (Å²) in [6.07, 6.45) is 0. The molecular weight excluding hydrogens is 206 g/mol. The number of hydroxylamine groups is 2. The molecule has 6 heteroatoms. The molecule has 1 aliphatic heterocycles. The maximum Gasteiger partial charge on any atom is 0.366 e. The minimum atomic E-state index is -0.677. The lowest BCUT2D eigenvalue weighted by atomic mass is 10.3. The number of carbonyl (C=O) groups is 1. The van der Waals surface area contributed by atoms with Gasteiger partial charge in [0.05, 0.1) is 13.2 Å². The second-order valence-electron chi connectivity index (χ2n) is 3.03. The Balaban J connectivity index is 2.56. The molecule has 82 valence electrons. The van der Waals surface area contributed by atoms with E-state index in [1.165, 1.54) is 0 Å². The lowest BCUT2D eigenvalue weighted by Gasteiger charge is -2.45. The quantitative estimate of drug-likeness (QED) is 0.306. The van der Waals surface area contributed by atoms with Crippen molar-refractivity contribution in [3.63, 3.8) is 0 Å². The van der Waals surface area contributed by atoms with E-state index in [1.807, 2.05) is 0 Å². The molecule has 0 spiro atoms. The Morgan fingerprint density at radius 3 is 3.00 bits per heavy atom. The first-order valence-electron chi connectivity index (χ1n) is 4.58. The molecule has 0 aromatic heterocycles. The van der Waals surface area contributed by atoms with Crippen LogP contribution in [0.1, 0.15) is 13.8 Å². The van der Waals surface area contributed by atoms with Gasteiger partial charge in [0.15, 0.2) is 6.04 Å². The van der Waals surface area contributed by atoms with Crippen LogP contribution in [0.5, 0.6) is 0 Å². The summed E-state index contributed by atoms with van der Waals surface area (Å²) in [5, 5.41) is 12.1. The van der Waals surface area contributed by atoms with E-state index in [-0.39, 0.29) is 0 Å². The number of rotatable bonds is 3. The van der Waals surface area contributed by atoms with Gasteiger partial charge >= 0.3 is 5.97 Å². The molecule has 1 heterocycles. The molecule has 1 fully saturated rings. The van der Waals surface area contributed by atoms with E-state index in [9.17, 15) is 10.0 Å². The van der Waals surface area contributed by atoms with Crippen molar-refractivity contribution in [3.05, 3.63) is 5.21 Å². The van der Waals surface area contributed by atoms with Crippen LogP contribution >= 0.6 is 11.9 Å². The average molecular weight is 221 g/mol. The summed E-state index contributed by atoms with van der Waals surface area (Å²) >= 11 is 1.09. The molecule has 0 amide bonds. The first-order chi connectivity index (χ1) is 6.60. The molecule has 0 radical (unpaired) electrons. The maximum absolute atomic E-state index is 12.1. The zero-order chi connectivity index (χ0) is 10.6. The summed E-state index contributed by atoms with van der Waals surface area (Å²) in [5.74, 6) is -0.0929. The number of quaternary nitrogens is 1. The van der Waals surface area contributed by atoms with Crippen LogP contribution in [0.2, 0.25) is 0 Å². The Bertz CT molecular complexity index is 206. The van der Waals surface area contributed by atoms with Crippen LogP contribution in [-0.4, -0.2) is 41.8 Å². The molecule has 1 saturated heterocycles. The van der Waals surface area contributed by atoms with Gasteiger partial charge in [-0.1, -0.05) is 0 Å². The fraction of sp³-hybridized carbons (Fsp3) is 0.875. The van der Waals surface area contributed by atoms with Crippen LogP contribution in [0.3, 0.4) is 0 Å². The third-order valence-electron chi connectivity index (χ3n) is 2.12. The number of carbonyl (C=O) groups excluding carboxylic acids is 1. The van der Waals surface area contributed by atoms with Crippen molar-refractivity contribution in [1.82, 2.24) is 0 Å². The number of ether oxygens (including phenoxy) is 2. The Morgan fingerprint density at radius 2 is 2.50 bits per heavy atom. The Labute approximate surface area is 87.7 Å². The fourth-order valence-electron chi connectivity index (χ4n) is 1.17. The van der Waals surface area contributed by atoms with Crippen LogP contribution in [0.15, 0.2) is 0 Å². The normalized spacial score (nSPS) is 29.6. The van der Waals surface area contributed by atoms with Gasteiger partial charge < -0.3 is 14.7 Å². The van der Waals surface area contributed by atoms with Crippen molar-refractivity contribution in [2.45, 2.75) is 19.9 Å². The topological polar surface area (TPSA) is 58.6 Å². The van der Waals surface area contributed by atoms with Crippen LogP contribution in [0.4, 0.5) is 0 Å². The molecule has 0 N–H and O–H groups in total. The Hall–Kier alpha value is -0.300. The number of hydrogen-bond donors (Lipinski definition) is 0. The number of esters is 1. The van der Waals surface area contributed by atoms with Crippen LogP contribution < -0.4 is 0 Å². The highest BCUT2D eigenvalue weighted by Crippen LogP contribution is 2.29. The highest BCUT2D eigenvalue weighted by Gasteiger charge is 2.35. The Kier molecular flexibility index (Phi) is 4.18. The molecule has 0 aromatic rings. The average Bonchev–Trinajstić information content (AvgIpc) is 2.18. The van der Waals surface area contributed by atoms with Crippen molar-refractivity contribution < 1.29 is 18.3 Å². The SMILES string of the molecule is CCOC(=O)C(C)[N+]1([O-])CCOCS1. The summed E-state index contributed by atoms with van der Waals surface area (Å²) in [4.78, 5) is 11.4. The third kappa shape index (κ3) is 2.60. The largest absolute Gasteiger partial charge is 0.619 e. The van der Waals surface area contributed by atoms with E-state index in [2.05, 4.69) is 0 Å². The summed E-state index contributed by atoms with van der Waals surface area (Å²) in [6.45, 7) is 4.34. The molecule has 1 aliphatic rings. The van der Waals surface area contributed by atoms with E-state index in [4.69, 9.17) is 9.47 Å². The minimum absolute atomic E-state index is 0.296. The van der Waals surface area contributed by atoms with Gasteiger partial charge in [-0.3, -0.25) is 4.05 Å². The van der Waals surface area contributed by atoms with Gasteiger partial charge in [-0.15, -0.1) is 0 Å². The molecule has 5 nitrogen and oxygen atoms in total. The van der Waals surface area contributed by atoms with Gasteiger partial charge in [0, 0.05) is 6.92 Å². The van der Waals surface area contributed by atoms with Gasteiger partial charge in [0.25, 0.3) is 0 Å². The first-order valence-corrected chi connectivity index (χ1v) is 5.52. The third-order valence-corrected chi connectivity index (χ3v) is 3.33. The van der Waals surface area contributed by atoms with Crippen molar-refractivity contribution >= 4 is 17.9 Å². The molecule has 1 rings (SSSR count). The van der Waals surface area contributed by atoms with E-state index in [0.717, 1.165) is 11.9 Å². The molecule has 14 heavy (non-hydrogen) atoms. The number of nitrogens with zero attached hydrogens (tertiary/aromatic N) is 1. The zero-order valence-electron chi connectivity index (χ0n) is 8.39. The molecule has 2 unspecified atom stereocenters. The van der Waals surface area contributed by atoms with Gasteiger partial charge in [-0.25, -0.2) is 4.79 Å². The fourth-order valence-corrected chi connectivity index (χ4v) is 2.05. The summed E-state index contributed by atoms with van der Waals surface area (Å²) in [7, 11) is 0. The molecule has 0 saturated carbocycles. The highest BCUT2D eigenvalue weighted by atomic mass is 32.2. The highest BCUT2D eigenvalue weighted by molar-refractivity contribution is 7.93. The molecule has 0 bridgehead atoms. The van der Waals surface area contributed by atoms with Gasteiger partial charge in [-0.2, -0.15) is 0 Å². The maximum atomic E-state index is 12.1. The first kappa shape index (κ1) is 11.8. The minimum Gasteiger partial charge on any atom is -0.619 e. The summed E-state index contributed by atoms with van der Waals surface area (Å²) < 4.78 is 9.27. The standard InChI is InChI=1S/C8H15NO4S/c1-3-13-8(10)7(2)9(11)4-5-12-6-14-9/h7H,3-6H2,1-2H3. The smallest absolute Gasteiger partial charge is 0.366 e. The summed E-state index contributed by atoms with van der Waals surface area (Å²) in [5.41, 5.74) is 0. The van der Waals surface area contributed by atoms with Crippen LogP contribution in [0.25, 0.3) is 0 Å². The van der Waals surface area contributed by atoms with E-state index >= 15 is 0 Å². The van der Waals surface area contributed by atoms with E-state index in [0.29, 0.717) is 25.7 Å². The predicted molar refractivity (Wildman–Crippen MR) is 53.0 cm³/mol. The summed E-state index contributed by atoms with van der Waals surface area (Å²) in [6, 6.07) is -0.677. The van der Waals surface area contributed by atoms with Crippen molar-refractivity contribution in [2.24, 2.45) is 0 Å². The van der Waals surface area contributed by atoms with Crippen LogP contribution in [0, 0.1) is 5.21 Å².